The minimum absolute atomic E-state index is 0.0309. The molecule has 2 fully saturated rings. The largest absolute Gasteiger partial charge is 0.328 e. The van der Waals surface area contributed by atoms with Crippen LogP contribution in [-0.2, 0) is 4.79 Å². The van der Waals surface area contributed by atoms with Gasteiger partial charge in [0.1, 0.15) is 6.54 Å². The number of likely N-dealkylation sites (N-methyl/N-ethyl adjacent to an activating group) is 1. The van der Waals surface area contributed by atoms with Gasteiger partial charge >= 0.3 is 0 Å². The van der Waals surface area contributed by atoms with E-state index < -0.39 is 6.04 Å². The van der Waals surface area contributed by atoms with Gasteiger partial charge in [0.15, 0.2) is 0 Å². The molecule has 0 heterocycles. The summed E-state index contributed by atoms with van der Waals surface area (Å²) in [5.74, 6) is 0.761. The van der Waals surface area contributed by atoms with Crippen LogP contribution in [0, 0.1) is 22.7 Å². The Morgan fingerprint density at radius 2 is 2.24 bits per heavy atom. The SMILES string of the molecule is CCN(CC#N)C(=O)[C@@H](N)C12CCC(CC1)C2. The monoisotopic (exact) mass is 235 g/mol. The summed E-state index contributed by atoms with van der Waals surface area (Å²) < 4.78 is 0. The predicted molar refractivity (Wildman–Crippen MR) is 64.9 cm³/mol. The number of hydrogen-bond acceptors (Lipinski definition) is 3. The number of fused-ring (bicyclic) bond motifs is 2. The lowest BCUT2D eigenvalue weighted by Gasteiger charge is -2.34. The second-order valence-electron chi connectivity index (χ2n) is 5.50. The van der Waals surface area contributed by atoms with Crippen LogP contribution in [-0.4, -0.2) is 29.9 Å². The number of nitrogens with zero attached hydrogens (tertiary/aromatic N) is 2. The molecule has 2 N–H and O–H groups in total. The number of amides is 1. The van der Waals surface area contributed by atoms with Gasteiger partial charge in [-0.05, 0) is 50.4 Å². The van der Waals surface area contributed by atoms with Crippen molar-refractivity contribution < 1.29 is 4.79 Å². The van der Waals surface area contributed by atoms with Crippen molar-refractivity contribution >= 4 is 5.91 Å². The summed E-state index contributed by atoms with van der Waals surface area (Å²) in [6.45, 7) is 2.62. The second-order valence-corrected chi connectivity index (χ2v) is 5.50. The summed E-state index contributed by atoms with van der Waals surface area (Å²) in [6, 6.07) is 1.64. The van der Waals surface area contributed by atoms with Crippen molar-refractivity contribution in [3.63, 3.8) is 0 Å². The smallest absolute Gasteiger partial charge is 0.240 e. The van der Waals surface area contributed by atoms with Gasteiger partial charge in [-0.1, -0.05) is 0 Å². The molecule has 0 saturated heterocycles. The van der Waals surface area contributed by atoms with Gasteiger partial charge in [-0.25, -0.2) is 0 Å². The van der Waals surface area contributed by atoms with Crippen LogP contribution in [0.3, 0.4) is 0 Å². The summed E-state index contributed by atoms with van der Waals surface area (Å²) in [5.41, 5.74) is 6.25. The predicted octanol–water partition coefficient (Wildman–Crippen LogP) is 1.27. The normalized spacial score (nSPS) is 32.2. The van der Waals surface area contributed by atoms with Gasteiger partial charge in [0.05, 0.1) is 12.1 Å². The van der Waals surface area contributed by atoms with E-state index in [0.29, 0.717) is 6.54 Å². The minimum atomic E-state index is -0.400. The molecule has 17 heavy (non-hydrogen) atoms. The van der Waals surface area contributed by atoms with Crippen molar-refractivity contribution in [3.05, 3.63) is 0 Å². The maximum Gasteiger partial charge on any atom is 0.240 e. The molecule has 0 aliphatic heterocycles. The quantitative estimate of drug-likeness (QED) is 0.746. The minimum Gasteiger partial charge on any atom is -0.328 e. The Kier molecular flexibility index (Phi) is 3.39. The molecule has 0 radical (unpaired) electrons. The van der Waals surface area contributed by atoms with Crippen molar-refractivity contribution in [2.45, 2.75) is 45.1 Å². The number of nitriles is 1. The molecule has 2 rings (SSSR count). The Balaban J connectivity index is 2.06. The molecular weight excluding hydrogens is 214 g/mol. The van der Waals surface area contributed by atoms with E-state index in [1.54, 1.807) is 4.90 Å². The van der Waals surface area contributed by atoms with Crippen molar-refractivity contribution in [3.8, 4) is 6.07 Å². The Hall–Kier alpha value is -1.08. The van der Waals surface area contributed by atoms with Crippen LogP contribution in [0.1, 0.15) is 39.0 Å². The molecule has 0 aromatic rings. The van der Waals surface area contributed by atoms with Crippen molar-refractivity contribution in [2.24, 2.45) is 17.1 Å². The van der Waals surface area contributed by atoms with E-state index in [4.69, 9.17) is 11.0 Å². The molecule has 2 aliphatic carbocycles. The van der Waals surface area contributed by atoms with E-state index in [1.807, 2.05) is 13.0 Å². The van der Waals surface area contributed by atoms with Crippen LogP contribution in [0.4, 0.5) is 0 Å². The van der Waals surface area contributed by atoms with E-state index >= 15 is 0 Å². The summed E-state index contributed by atoms with van der Waals surface area (Å²) in [6.07, 6.45) is 5.75. The molecule has 0 unspecified atom stereocenters. The zero-order valence-electron chi connectivity index (χ0n) is 10.5. The van der Waals surface area contributed by atoms with Gasteiger partial charge < -0.3 is 10.6 Å². The first kappa shape index (κ1) is 12.4. The maximum atomic E-state index is 12.3. The highest BCUT2D eigenvalue weighted by molar-refractivity contribution is 5.83. The lowest BCUT2D eigenvalue weighted by atomic mass is 9.77. The molecule has 2 aliphatic rings. The third kappa shape index (κ3) is 2.04. The van der Waals surface area contributed by atoms with E-state index in [1.165, 1.54) is 12.8 Å². The summed E-state index contributed by atoms with van der Waals surface area (Å²) >= 11 is 0. The fourth-order valence-corrected chi connectivity index (χ4v) is 3.56. The van der Waals surface area contributed by atoms with Gasteiger partial charge in [-0.2, -0.15) is 5.26 Å². The van der Waals surface area contributed by atoms with Gasteiger partial charge in [-0.3, -0.25) is 4.79 Å². The highest BCUT2D eigenvalue weighted by atomic mass is 16.2. The van der Waals surface area contributed by atoms with E-state index in [9.17, 15) is 4.79 Å². The van der Waals surface area contributed by atoms with Crippen molar-refractivity contribution in [1.29, 1.82) is 5.26 Å². The molecule has 0 aromatic carbocycles. The molecule has 94 valence electrons. The summed E-state index contributed by atoms with van der Waals surface area (Å²) in [7, 11) is 0. The molecule has 2 bridgehead atoms. The number of carbonyl (C=O) groups excluding carboxylic acids is 1. The highest BCUT2D eigenvalue weighted by Gasteiger charge is 2.51. The van der Waals surface area contributed by atoms with Gasteiger partial charge in [0.25, 0.3) is 0 Å². The Morgan fingerprint density at radius 1 is 1.59 bits per heavy atom. The van der Waals surface area contributed by atoms with Crippen molar-refractivity contribution in [1.82, 2.24) is 4.90 Å². The first-order valence-electron chi connectivity index (χ1n) is 6.54. The third-order valence-corrected chi connectivity index (χ3v) is 4.68. The van der Waals surface area contributed by atoms with Gasteiger partial charge in [0.2, 0.25) is 5.91 Å². The van der Waals surface area contributed by atoms with E-state index in [-0.39, 0.29) is 17.9 Å². The zero-order chi connectivity index (χ0) is 12.5. The second kappa shape index (κ2) is 4.66. The van der Waals surface area contributed by atoms with Crippen LogP contribution >= 0.6 is 0 Å². The fourth-order valence-electron chi connectivity index (χ4n) is 3.56. The molecule has 1 atom stereocenters. The lowest BCUT2D eigenvalue weighted by Crippen LogP contribution is -2.52. The molecule has 0 spiro atoms. The molecule has 4 nitrogen and oxygen atoms in total. The molecular formula is C13H21N3O. The topological polar surface area (TPSA) is 70.1 Å². The molecule has 1 amide bonds. The fraction of sp³-hybridized carbons (Fsp3) is 0.846. The van der Waals surface area contributed by atoms with Crippen LogP contribution in [0.5, 0.6) is 0 Å². The van der Waals surface area contributed by atoms with Gasteiger partial charge in [-0.15, -0.1) is 0 Å². The number of rotatable bonds is 4. The average molecular weight is 235 g/mol. The van der Waals surface area contributed by atoms with Crippen LogP contribution < -0.4 is 5.73 Å². The zero-order valence-corrected chi connectivity index (χ0v) is 10.5. The first-order chi connectivity index (χ1) is 8.13. The molecule has 2 saturated carbocycles. The maximum absolute atomic E-state index is 12.3. The Morgan fingerprint density at radius 3 is 2.65 bits per heavy atom. The summed E-state index contributed by atoms with van der Waals surface area (Å²) in [4.78, 5) is 13.9. The van der Waals surface area contributed by atoms with Crippen LogP contribution in [0.25, 0.3) is 0 Å². The first-order valence-corrected chi connectivity index (χ1v) is 6.54. The van der Waals surface area contributed by atoms with E-state index in [2.05, 4.69) is 0 Å². The van der Waals surface area contributed by atoms with Crippen molar-refractivity contribution in [2.75, 3.05) is 13.1 Å². The van der Waals surface area contributed by atoms with Crippen LogP contribution in [0.15, 0.2) is 0 Å². The Labute approximate surface area is 103 Å². The summed E-state index contributed by atoms with van der Waals surface area (Å²) in [5, 5.41) is 8.71. The van der Waals surface area contributed by atoms with Gasteiger partial charge in [0, 0.05) is 6.54 Å². The van der Waals surface area contributed by atoms with Crippen LogP contribution in [0.2, 0.25) is 0 Å². The van der Waals surface area contributed by atoms with E-state index in [0.717, 1.165) is 25.2 Å². The number of nitrogens with two attached hydrogens (primary N) is 1. The average Bonchev–Trinajstić information content (AvgIpc) is 2.95. The Bertz CT molecular complexity index is 339. The molecule has 0 aromatic heterocycles. The molecule has 4 heteroatoms. The lowest BCUT2D eigenvalue weighted by molar-refractivity contribution is -0.134. The standard InChI is InChI=1S/C13H21N3O/c1-2-16(8-7-14)12(17)11(15)13-5-3-10(9-13)4-6-13/h10-11H,2-6,8-9,15H2,1H3/t10?,11-,13?/m1/s1. The highest BCUT2D eigenvalue weighted by Crippen LogP contribution is 2.55. The number of carbonyl (C=O) groups is 1. The third-order valence-electron chi connectivity index (χ3n) is 4.68. The number of hydrogen-bond donors (Lipinski definition) is 1.